The molecule has 1 aromatic carbocycles. The minimum absolute atomic E-state index is 0.0611. The molecule has 1 aromatic rings. The van der Waals surface area contributed by atoms with Crippen LogP contribution in [0.4, 0.5) is 5.69 Å². The van der Waals surface area contributed by atoms with E-state index in [2.05, 4.69) is 32.0 Å². The molecule has 0 aliphatic carbocycles. The Labute approximate surface area is 104 Å². The van der Waals surface area contributed by atoms with Gasteiger partial charge in [-0.25, -0.2) is 0 Å². The Morgan fingerprint density at radius 1 is 1.29 bits per heavy atom. The van der Waals surface area contributed by atoms with Crippen molar-refractivity contribution in [3.8, 4) is 0 Å². The van der Waals surface area contributed by atoms with Gasteiger partial charge in [-0.2, -0.15) is 0 Å². The third-order valence-corrected chi connectivity index (χ3v) is 2.98. The zero-order chi connectivity index (χ0) is 13.2. The molecule has 0 radical (unpaired) electrons. The second-order valence-electron chi connectivity index (χ2n) is 4.89. The highest BCUT2D eigenvalue weighted by atomic mass is 16.2. The fourth-order valence-corrected chi connectivity index (χ4v) is 1.77. The summed E-state index contributed by atoms with van der Waals surface area (Å²) >= 11 is 0. The van der Waals surface area contributed by atoms with Crippen LogP contribution in [0.5, 0.6) is 0 Å². The largest absolute Gasteiger partial charge is 0.320 e. The Bertz CT molecular complexity index is 411. The van der Waals surface area contributed by atoms with Gasteiger partial charge in [0.1, 0.15) is 0 Å². The van der Waals surface area contributed by atoms with Gasteiger partial charge in [-0.3, -0.25) is 4.79 Å². The summed E-state index contributed by atoms with van der Waals surface area (Å²) in [5.74, 6) is 0.391. The van der Waals surface area contributed by atoms with Crippen molar-refractivity contribution < 1.29 is 4.79 Å². The van der Waals surface area contributed by atoms with Crippen molar-refractivity contribution in [1.82, 2.24) is 0 Å². The maximum Gasteiger partial charge on any atom is 0.243 e. The smallest absolute Gasteiger partial charge is 0.243 e. The van der Waals surface area contributed by atoms with Crippen LogP contribution in [0, 0.1) is 6.92 Å². The molecule has 0 aromatic heterocycles. The van der Waals surface area contributed by atoms with Crippen LogP contribution in [0.3, 0.4) is 0 Å². The summed E-state index contributed by atoms with van der Waals surface area (Å²) in [5.41, 5.74) is 8.89. The molecule has 0 saturated carbocycles. The van der Waals surface area contributed by atoms with Gasteiger partial charge in [0.05, 0.1) is 6.04 Å². The molecule has 0 aliphatic rings. The first-order valence-corrected chi connectivity index (χ1v) is 5.98. The number of likely N-dealkylation sites (N-methyl/N-ethyl adjacent to an activating group) is 1. The molecule has 94 valence electrons. The molecule has 0 aliphatic heterocycles. The van der Waals surface area contributed by atoms with Gasteiger partial charge < -0.3 is 10.6 Å². The Hall–Kier alpha value is -1.35. The number of benzene rings is 1. The normalized spacial score (nSPS) is 12.6. The van der Waals surface area contributed by atoms with E-state index in [9.17, 15) is 4.79 Å². The summed E-state index contributed by atoms with van der Waals surface area (Å²) in [4.78, 5) is 13.5. The Kier molecular flexibility index (Phi) is 4.29. The third kappa shape index (κ3) is 3.07. The van der Waals surface area contributed by atoms with Gasteiger partial charge in [-0.05, 0) is 37.0 Å². The molecular formula is C14H22N2O. The van der Waals surface area contributed by atoms with E-state index in [1.165, 1.54) is 5.56 Å². The van der Waals surface area contributed by atoms with Crippen LogP contribution in [0.15, 0.2) is 18.2 Å². The number of carbonyl (C=O) groups excluding carboxylic acids is 1. The fourth-order valence-electron chi connectivity index (χ4n) is 1.77. The molecule has 17 heavy (non-hydrogen) atoms. The Morgan fingerprint density at radius 3 is 2.35 bits per heavy atom. The highest BCUT2D eigenvalue weighted by molar-refractivity contribution is 5.97. The van der Waals surface area contributed by atoms with Crippen molar-refractivity contribution in [2.45, 2.75) is 39.7 Å². The molecule has 1 amide bonds. The summed E-state index contributed by atoms with van der Waals surface area (Å²) in [6, 6.07) is 5.76. The summed E-state index contributed by atoms with van der Waals surface area (Å²) in [6.07, 6.45) is 0. The summed E-state index contributed by atoms with van der Waals surface area (Å²) in [5, 5.41) is 0. The molecule has 2 N–H and O–H groups in total. The molecule has 1 atom stereocenters. The molecular weight excluding hydrogens is 212 g/mol. The summed E-state index contributed by atoms with van der Waals surface area (Å²) in [6.45, 7) is 7.99. The number of carbonyl (C=O) groups is 1. The maximum atomic E-state index is 11.9. The first-order chi connectivity index (χ1) is 7.84. The van der Waals surface area contributed by atoms with Crippen LogP contribution in [0.1, 0.15) is 37.8 Å². The molecule has 1 rings (SSSR count). The topological polar surface area (TPSA) is 46.3 Å². The number of nitrogens with zero attached hydrogens (tertiary/aromatic N) is 1. The van der Waals surface area contributed by atoms with Gasteiger partial charge in [0.25, 0.3) is 0 Å². The lowest BCUT2D eigenvalue weighted by molar-refractivity contribution is -0.119. The van der Waals surface area contributed by atoms with Gasteiger partial charge in [0.15, 0.2) is 0 Å². The molecule has 0 fully saturated rings. The molecule has 3 nitrogen and oxygen atoms in total. The zero-order valence-electron chi connectivity index (χ0n) is 11.3. The van der Waals surface area contributed by atoms with Crippen LogP contribution in [-0.4, -0.2) is 19.0 Å². The van der Waals surface area contributed by atoms with E-state index < -0.39 is 6.04 Å². The number of hydrogen-bond donors (Lipinski definition) is 1. The minimum Gasteiger partial charge on any atom is -0.320 e. The molecule has 0 spiro atoms. The predicted molar refractivity (Wildman–Crippen MR) is 72.3 cm³/mol. The van der Waals surface area contributed by atoms with E-state index in [-0.39, 0.29) is 5.91 Å². The lowest BCUT2D eigenvalue weighted by Crippen LogP contribution is -2.40. The first-order valence-electron chi connectivity index (χ1n) is 5.98. The van der Waals surface area contributed by atoms with E-state index >= 15 is 0 Å². The molecule has 3 heteroatoms. The van der Waals surface area contributed by atoms with Gasteiger partial charge in [-0.1, -0.05) is 26.0 Å². The average Bonchev–Trinajstić information content (AvgIpc) is 2.27. The second kappa shape index (κ2) is 5.32. The highest BCUT2D eigenvalue weighted by Gasteiger charge is 2.17. The van der Waals surface area contributed by atoms with Gasteiger partial charge in [0.2, 0.25) is 5.91 Å². The van der Waals surface area contributed by atoms with Gasteiger partial charge in [-0.15, -0.1) is 0 Å². The number of hydrogen-bond acceptors (Lipinski definition) is 2. The van der Waals surface area contributed by atoms with E-state index in [1.807, 2.05) is 6.92 Å². The number of nitrogens with two attached hydrogens (primary N) is 1. The van der Waals surface area contributed by atoms with E-state index in [4.69, 9.17) is 5.73 Å². The second-order valence-corrected chi connectivity index (χ2v) is 4.89. The van der Waals surface area contributed by atoms with Crippen molar-refractivity contribution in [3.05, 3.63) is 29.3 Å². The quantitative estimate of drug-likeness (QED) is 0.873. The van der Waals surface area contributed by atoms with Crippen LogP contribution in [-0.2, 0) is 4.79 Å². The maximum absolute atomic E-state index is 11.9. The first kappa shape index (κ1) is 13.7. The molecule has 0 saturated heterocycles. The molecule has 0 bridgehead atoms. The number of anilines is 1. The number of rotatable bonds is 3. The monoisotopic (exact) mass is 234 g/mol. The SMILES string of the molecule is Cc1ccc(C(C)C)cc1N(C)C(=O)C(C)N. The zero-order valence-corrected chi connectivity index (χ0v) is 11.3. The van der Waals surface area contributed by atoms with Crippen LogP contribution >= 0.6 is 0 Å². The lowest BCUT2D eigenvalue weighted by Gasteiger charge is -2.22. The Balaban J connectivity index is 3.12. The molecule has 1 unspecified atom stereocenters. The van der Waals surface area contributed by atoms with Crippen molar-refractivity contribution in [3.63, 3.8) is 0 Å². The number of amides is 1. The van der Waals surface area contributed by atoms with Crippen LogP contribution in [0.25, 0.3) is 0 Å². The van der Waals surface area contributed by atoms with Crippen LogP contribution in [0.2, 0.25) is 0 Å². The van der Waals surface area contributed by atoms with Crippen molar-refractivity contribution in [1.29, 1.82) is 0 Å². The van der Waals surface area contributed by atoms with E-state index in [1.54, 1.807) is 18.9 Å². The Morgan fingerprint density at radius 2 is 1.88 bits per heavy atom. The van der Waals surface area contributed by atoms with Crippen molar-refractivity contribution in [2.24, 2.45) is 5.73 Å². The minimum atomic E-state index is -0.470. The predicted octanol–water partition coefficient (Wildman–Crippen LogP) is 2.43. The lowest BCUT2D eigenvalue weighted by atomic mass is 10.00. The van der Waals surface area contributed by atoms with Crippen molar-refractivity contribution >= 4 is 11.6 Å². The fraction of sp³-hybridized carbons (Fsp3) is 0.500. The number of aryl methyl sites for hydroxylation is 1. The summed E-state index contributed by atoms with van der Waals surface area (Å²) < 4.78 is 0. The van der Waals surface area contributed by atoms with E-state index in [0.29, 0.717) is 5.92 Å². The van der Waals surface area contributed by atoms with Crippen molar-refractivity contribution in [2.75, 3.05) is 11.9 Å². The average molecular weight is 234 g/mol. The molecule has 0 heterocycles. The standard InChI is InChI=1S/C14H22N2O/c1-9(2)12-7-6-10(3)13(8-12)16(5)14(17)11(4)15/h6-9,11H,15H2,1-5H3. The van der Waals surface area contributed by atoms with E-state index in [0.717, 1.165) is 11.3 Å². The highest BCUT2D eigenvalue weighted by Crippen LogP contribution is 2.25. The van der Waals surface area contributed by atoms with Gasteiger partial charge in [0, 0.05) is 12.7 Å². The van der Waals surface area contributed by atoms with Gasteiger partial charge >= 0.3 is 0 Å². The van der Waals surface area contributed by atoms with Crippen LogP contribution < -0.4 is 10.6 Å². The summed E-state index contributed by atoms with van der Waals surface area (Å²) in [7, 11) is 1.78. The third-order valence-electron chi connectivity index (χ3n) is 2.98.